The van der Waals surface area contributed by atoms with E-state index >= 15 is 0 Å². The fourth-order valence-corrected chi connectivity index (χ4v) is 3.14. The van der Waals surface area contributed by atoms with E-state index in [2.05, 4.69) is 5.32 Å². The maximum absolute atomic E-state index is 13.1. The van der Waals surface area contributed by atoms with Crippen LogP contribution >= 0.6 is 11.6 Å². The number of hydrogen-bond acceptors (Lipinski definition) is 3. The van der Waals surface area contributed by atoms with E-state index in [0.29, 0.717) is 29.8 Å². The molecule has 1 atom stereocenters. The third-order valence-corrected chi connectivity index (χ3v) is 4.82. The summed E-state index contributed by atoms with van der Waals surface area (Å²) in [6.45, 7) is 6.70. The number of hydrogen-bond donors (Lipinski definition) is 1. The second-order valence-corrected chi connectivity index (χ2v) is 7.93. The molecule has 1 unspecified atom stereocenters. The molecule has 0 saturated heterocycles. The lowest BCUT2D eigenvalue weighted by Crippen LogP contribution is -2.48. The highest BCUT2D eigenvalue weighted by Crippen LogP contribution is 2.18. The Kier molecular flexibility index (Phi) is 8.52. The van der Waals surface area contributed by atoms with Crippen molar-refractivity contribution in [3.63, 3.8) is 0 Å². The van der Waals surface area contributed by atoms with Crippen LogP contribution in [0.25, 0.3) is 0 Å². The van der Waals surface area contributed by atoms with E-state index in [1.807, 2.05) is 50.2 Å². The molecule has 0 fully saturated rings. The van der Waals surface area contributed by atoms with Crippen molar-refractivity contribution in [3.8, 4) is 5.75 Å². The van der Waals surface area contributed by atoms with E-state index in [-0.39, 0.29) is 18.2 Å². The Bertz CT molecular complexity index is 838. The summed E-state index contributed by atoms with van der Waals surface area (Å²) in [5.41, 5.74) is 1.71. The van der Waals surface area contributed by atoms with Gasteiger partial charge in [0.1, 0.15) is 11.8 Å². The summed E-state index contributed by atoms with van der Waals surface area (Å²) >= 11 is 6.05. The van der Waals surface area contributed by atoms with Crippen LogP contribution in [-0.4, -0.2) is 36.4 Å². The fraction of sp³-hybridized carbons (Fsp3) is 0.391. The Morgan fingerprint density at radius 1 is 1.07 bits per heavy atom. The molecule has 2 aromatic carbocycles. The number of nitrogens with zero attached hydrogens (tertiary/aromatic N) is 1. The lowest BCUT2D eigenvalue weighted by Gasteiger charge is -2.29. The van der Waals surface area contributed by atoms with Crippen molar-refractivity contribution in [2.24, 2.45) is 5.92 Å². The van der Waals surface area contributed by atoms with Crippen LogP contribution in [-0.2, 0) is 22.6 Å². The second kappa shape index (κ2) is 10.9. The number of carbonyl (C=O) groups is 2. The van der Waals surface area contributed by atoms with E-state index in [1.165, 1.54) is 0 Å². The van der Waals surface area contributed by atoms with E-state index in [0.717, 1.165) is 11.1 Å². The van der Waals surface area contributed by atoms with E-state index in [4.69, 9.17) is 16.3 Å². The minimum Gasteiger partial charge on any atom is -0.497 e. The summed E-state index contributed by atoms with van der Waals surface area (Å²) < 4.78 is 5.28. The summed E-state index contributed by atoms with van der Waals surface area (Å²) in [7, 11) is 1.60. The molecule has 2 aromatic rings. The number of rotatable bonds is 9. The van der Waals surface area contributed by atoms with Crippen LogP contribution < -0.4 is 10.1 Å². The number of amides is 2. The quantitative estimate of drug-likeness (QED) is 0.670. The third-order valence-electron chi connectivity index (χ3n) is 4.58. The molecule has 1 N–H and O–H groups in total. The van der Waals surface area contributed by atoms with Gasteiger partial charge < -0.3 is 15.0 Å². The molecule has 0 bridgehead atoms. The van der Waals surface area contributed by atoms with Crippen molar-refractivity contribution in [3.05, 3.63) is 64.7 Å². The summed E-state index contributed by atoms with van der Waals surface area (Å²) in [5.74, 6) is 0.741. The first kappa shape index (κ1) is 22.8. The summed E-state index contributed by atoms with van der Waals surface area (Å²) in [5, 5.41) is 3.50. The van der Waals surface area contributed by atoms with Gasteiger partial charge in [-0.1, -0.05) is 49.7 Å². The molecular formula is C23H29ClN2O3. The van der Waals surface area contributed by atoms with E-state index < -0.39 is 6.04 Å². The minimum absolute atomic E-state index is 0.137. The summed E-state index contributed by atoms with van der Waals surface area (Å²) in [6.07, 6.45) is 0.173. The molecule has 6 heteroatoms. The van der Waals surface area contributed by atoms with Crippen LogP contribution in [0.4, 0.5) is 0 Å². The first-order valence-electron chi connectivity index (χ1n) is 9.74. The summed E-state index contributed by atoms with van der Waals surface area (Å²) in [6, 6.07) is 14.1. The average Bonchev–Trinajstić information content (AvgIpc) is 2.69. The number of carbonyl (C=O) groups excluding carboxylic acids is 2. The highest BCUT2D eigenvalue weighted by Gasteiger charge is 2.26. The van der Waals surface area contributed by atoms with Crippen LogP contribution in [0.1, 0.15) is 31.9 Å². The molecule has 0 aliphatic carbocycles. The highest BCUT2D eigenvalue weighted by atomic mass is 35.5. The van der Waals surface area contributed by atoms with Crippen LogP contribution in [0.2, 0.25) is 5.02 Å². The van der Waals surface area contributed by atoms with Gasteiger partial charge in [0.05, 0.1) is 13.5 Å². The molecule has 0 radical (unpaired) electrons. The first-order chi connectivity index (χ1) is 13.8. The Labute approximate surface area is 178 Å². The highest BCUT2D eigenvalue weighted by molar-refractivity contribution is 6.30. The van der Waals surface area contributed by atoms with Crippen molar-refractivity contribution < 1.29 is 14.3 Å². The van der Waals surface area contributed by atoms with Crippen molar-refractivity contribution in [2.75, 3.05) is 13.7 Å². The molecule has 0 saturated carbocycles. The zero-order valence-electron chi connectivity index (χ0n) is 17.4. The zero-order chi connectivity index (χ0) is 21.4. The number of methoxy groups -OCH3 is 1. The number of benzene rings is 2. The molecule has 0 aromatic heterocycles. The van der Waals surface area contributed by atoms with Crippen molar-refractivity contribution in [1.82, 2.24) is 10.2 Å². The Morgan fingerprint density at radius 2 is 1.76 bits per heavy atom. The van der Waals surface area contributed by atoms with Gasteiger partial charge in [0.25, 0.3) is 0 Å². The van der Waals surface area contributed by atoms with Crippen molar-refractivity contribution >= 4 is 23.4 Å². The smallest absolute Gasteiger partial charge is 0.242 e. The Morgan fingerprint density at radius 3 is 2.41 bits per heavy atom. The molecule has 0 spiro atoms. The molecule has 5 nitrogen and oxygen atoms in total. The number of nitrogens with one attached hydrogen (secondary N) is 1. The van der Waals surface area contributed by atoms with Gasteiger partial charge in [0.2, 0.25) is 11.8 Å². The van der Waals surface area contributed by atoms with Crippen LogP contribution in [0, 0.1) is 5.92 Å². The lowest BCUT2D eigenvalue weighted by atomic mass is 10.1. The van der Waals surface area contributed by atoms with Crippen LogP contribution in [0.15, 0.2) is 48.5 Å². The maximum atomic E-state index is 13.1. The fourth-order valence-electron chi connectivity index (χ4n) is 2.93. The predicted molar refractivity (Wildman–Crippen MR) is 116 cm³/mol. The van der Waals surface area contributed by atoms with Gasteiger partial charge in [-0.3, -0.25) is 9.59 Å². The number of halogens is 1. The SMILES string of the molecule is COc1cccc(CN(C(=O)Cc2cccc(Cl)c2)C(C)C(=O)NCC(C)C)c1. The molecular weight excluding hydrogens is 388 g/mol. The standard InChI is InChI=1S/C23H29ClN2O3/c1-16(2)14-25-23(28)17(3)26(15-19-8-6-10-21(12-19)29-4)22(27)13-18-7-5-9-20(24)11-18/h5-12,16-17H,13-15H2,1-4H3,(H,25,28). The summed E-state index contributed by atoms with van der Waals surface area (Å²) in [4.78, 5) is 27.4. The topological polar surface area (TPSA) is 58.6 Å². The molecule has 156 valence electrons. The maximum Gasteiger partial charge on any atom is 0.242 e. The predicted octanol–water partition coefficient (Wildman–Crippen LogP) is 4.08. The molecule has 29 heavy (non-hydrogen) atoms. The van der Waals surface area contributed by atoms with Gasteiger partial charge in [0, 0.05) is 18.1 Å². The zero-order valence-corrected chi connectivity index (χ0v) is 18.2. The van der Waals surface area contributed by atoms with Crippen molar-refractivity contribution in [2.45, 2.75) is 39.8 Å². The van der Waals surface area contributed by atoms with Gasteiger partial charge in [-0.2, -0.15) is 0 Å². The molecule has 0 aliphatic rings. The Hall–Kier alpha value is -2.53. The molecule has 2 rings (SSSR count). The first-order valence-corrected chi connectivity index (χ1v) is 10.1. The number of ether oxygens (including phenoxy) is 1. The van der Waals surface area contributed by atoms with Gasteiger partial charge in [-0.25, -0.2) is 0 Å². The van der Waals surface area contributed by atoms with E-state index in [9.17, 15) is 9.59 Å². The molecule has 0 heterocycles. The molecule has 2 amide bonds. The Balaban J connectivity index is 2.23. The van der Waals surface area contributed by atoms with Crippen molar-refractivity contribution in [1.29, 1.82) is 0 Å². The third kappa shape index (κ3) is 7.09. The lowest BCUT2D eigenvalue weighted by molar-refractivity contribution is -0.140. The van der Waals surface area contributed by atoms with Gasteiger partial charge in [0.15, 0.2) is 0 Å². The largest absolute Gasteiger partial charge is 0.497 e. The van der Waals surface area contributed by atoms with Crippen LogP contribution in [0.5, 0.6) is 5.75 Å². The van der Waals surface area contributed by atoms with Gasteiger partial charge >= 0.3 is 0 Å². The van der Waals surface area contributed by atoms with E-state index in [1.54, 1.807) is 31.1 Å². The average molecular weight is 417 g/mol. The van der Waals surface area contributed by atoms with Gasteiger partial charge in [-0.05, 0) is 48.2 Å². The molecule has 0 aliphatic heterocycles. The van der Waals surface area contributed by atoms with Crippen LogP contribution in [0.3, 0.4) is 0 Å². The minimum atomic E-state index is -0.605. The second-order valence-electron chi connectivity index (χ2n) is 7.49. The monoisotopic (exact) mass is 416 g/mol. The van der Waals surface area contributed by atoms with Gasteiger partial charge in [-0.15, -0.1) is 0 Å². The normalized spacial score (nSPS) is 11.8.